The van der Waals surface area contributed by atoms with Crippen molar-refractivity contribution in [1.82, 2.24) is 0 Å². The lowest BCUT2D eigenvalue weighted by atomic mass is 9.66. The number of nitrogens with zero attached hydrogens (tertiary/aromatic N) is 1. The van der Waals surface area contributed by atoms with Gasteiger partial charge in [0.05, 0.1) is 22.1 Å². The molecular weight excluding hydrogens is 321 g/mol. The van der Waals surface area contributed by atoms with E-state index < -0.39 is 17.3 Å². The zero-order valence-electron chi connectivity index (χ0n) is 11.6. The summed E-state index contributed by atoms with van der Waals surface area (Å²) in [5.41, 5.74) is -0.284. The maximum absolute atomic E-state index is 13.6. The molecule has 2 rings (SSSR count). The molecule has 1 atom stereocenters. The number of nitriles is 1. The lowest BCUT2D eigenvalue weighted by Crippen LogP contribution is -2.32. The predicted octanol–water partition coefficient (Wildman–Crippen LogP) is 4.73. The van der Waals surface area contributed by atoms with Crippen LogP contribution in [0.2, 0.25) is 0 Å². The number of benzene rings is 1. The van der Waals surface area contributed by atoms with Crippen LogP contribution in [0.25, 0.3) is 0 Å². The Morgan fingerprint density at radius 1 is 1.50 bits per heavy atom. The second-order valence-corrected chi connectivity index (χ2v) is 6.55. The van der Waals surface area contributed by atoms with Crippen molar-refractivity contribution >= 4 is 15.9 Å². The van der Waals surface area contributed by atoms with E-state index in [2.05, 4.69) is 28.9 Å². The van der Waals surface area contributed by atoms with E-state index >= 15 is 0 Å². The van der Waals surface area contributed by atoms with E-state index in [0.717, 1.165) is 19.3 Å². The molecule has 0 radical (unpaired) electrons. The molecule has 1 aromatic rings. The molecule has 1 N–H and O–H groups in total. The number of aliphatic hydroxyl groups excluding tert-OH is 1. The van der Waals surface area contributed by atoms with E-state index in [9.17, 15) is 14.8 Å². The number of rotatable bonds is 3. The first-order valence-corrected chi connectivity index (χ1v) is 7.86. The van der Waals surface area contributed by atoms with Crippen molar-refractivity contribution in [3.8, 4) is 6.07 Å². The Morgan fingerprint density at radius 2 is 2.15 bits per heavy atom. The summed E-state index contributed by atoms with van der Waals surface area (Å²) in [5.74, 6) is 0.238. The van der Waals surface area contributed by atoms with Crippen molar-refractivity contribution in [3.05, 3.63) is 34.1 Å². The van der Waals surface area contributed by atoms with Gasteiger partial charge in [-0.1, -0.05) is 19.4 Å². The standard InChI is InChI=1S/C16H19BrFNO/c1-2-11-5-7-16(10-19,8-6-11)15(20)12-3-4-13(17)14(18)9-12/h3-4,9,11,15,20H,2,5-8H2,1H3. The molecule has 1 saturated carbocycles. The molecule has 0 heterocycles. The second-order valence-electron chi connectivity index (χ2n) is 5.70. The van der Waals surface area contributed by atoms with Crippen LogP contribution in [-0.4, -0.2) is 5.11 Å². The fourth-order valence-corrected chi connectivity index (χ4v) is 3.30. The Kier molecular flexibility index (Phi) is 4.82. The van der Waals surface area contributed by atoms with Crippen LogP contribution in [0.4, 0.5) is 4.39 Å². The average molecular weight is 340 g/mol. The van der Waals surface area contributed by atoms with Crippen molar-refractivity contribution in [3.63, 3.8) is 0 Å². The van der Waals surface area contributed by atoms with Gasteiger partial charge in [0, 0.05) is 0 Å². The molecule has 0 bridgehead atoms. The second kappa shape index (κ2) is 6.24. The lowest BCUT2D eigenvalue weighted by molar-refractivity contribution is 0.0241. The van der Waals surface area contributed by atoms with Gasteiger partial charge in [-0.2, -0.15) is 5.26 Å². The van der Waals surface area contributed by atoms with Crippen LogP contribution in [0.15, 0.2) is 22.7 Å². The third-order valence-electron chi connectivity index (χ3n) is 4.58. The van der Waals surface area contributed by atoms with Gasteiger partial charge in [0.1, 0.15) is 5.82 Å². The van der Waals surface area contributed by atoms with E-state index in [0.29, 0.717) is 28.8 Å². The maximum atomic E-state index is 13.6. The third kappa shape index (κ3) is 2.89. The topological polar surface area (TPSA) is 44.0 Å². The molecule has 20 heavy (non-hydrogen) atoms. The van der Waals surface area contributed by atoms with Gasteiger partial charge < -0.3 is 5.11 Å². The first kappa shape index (κ1) is 15.5. The van der Waals surface area contributed by atoms with Gasteiger partial charge in [0.25, 0.3) is 0 Å². The highest BCUT2D eigenvalue weighted by molar-refractivity contribution is 9.10. The van der Waals surface area contributed by atoms with E-state index in [1.807, 2.05) is 0 Å². The van der Waals surface area contributed by atoms with Crippen molar-refractivity contribution in [2.75, 3.05) is 0 Å². The largest absolute Gasteiger partial charge is 0.387 e. The number of hydrogen-bond acceptors (Lipinski definition) is 2. The van der Waals surface area contributed by atoms with Crippen molar-refractivity contribution in [2.45, 2.75) is 45.1 Å². The monoisotopic (exact) mass is 339 g/mol. The molecule has 1 fully saturated rings. The van der Waals surface area contributed by atoms with Crippen LogP contribution in [0.5, 0.6) is 0 Å². The zero-order chi connectivity index (χ0) is 14.8. The number of aliphatic hydroxyl groups is 1. The van der Waals surface area contributed by atoms with Crippen LogP contribution in [0.3, 0.4) is 0 Å². The molecule has 0 spiro atoms. The van der Waals surface area contributed by atoms with E-state index in [1.165, 1.54) is 6.07 Å². The number of hydrogen-bond donors (Lipinski definition) is 1. The SMILES string of the molecule is CCC1CCC(C#N)(C(O)c2ccc(Br)c(F)c2)CC1. The molecule has 1 unspecified atom stereocenters. The van der Waals surface area contributed by atoms with E-state index in [4.69, 9.17) is 0 Å². The summed E-state index contributed by atoms with van der Waals surface area (Å²) in [4.78, 5) is 0. The molecule has 1 aliphatic rings. The average Bonchev–Trinajstić information content (AvgIpc) is 2.49. The minimum absolute atomic E-state index is 0.370. The minimum Gasteiger partial charge on any atom is -0.387 e. The third-order valence-corrected chi connectivity index (χ3v) is 5.22. The van der Waals surface area contributed by atoms with Crippen molar-refractivity contribution in [2.24, 2.45) is 11.3 Å². The minimum atomic E-state index is -0.923. The summed E-state index contributed by atoms with van der Waals surface area (Å²) in [7, 11) is 0. The Bertz CT molecular complexity index is 518. The first-order chi connectivity index (χ1) is 9.52. The van der Waals surface area contributed by atoms with Crippen molar-refractivity contribution < 1.29 is 9.50 Å². The molecule has 1 aromatic carbocycles. The maximum Gasteiger partial charge on any atom is 0.137 e. The van der Waals surface area contributed by atoms with Crippen LogP contribution < -0.4 is 0 Å². The highest BCUT2D eigenvalue weighted by atomic mass is 79.9. The van der Waals surface area contributed by atoms with Gasteiger partial charge in [-0.05, 0) is 65.2 Å². The fourth-order valence-electron chi connectivity index (χ4n) is 3.05. The highest BCUT2D eigenvalue weighted by Gasteiger charge is 2.42. The van der Waals surface area contributed by atoms with E-state index in [-0.39, 0.29) is 0 Å². The molecule has 0 amide bonds. The van der Waals surface area contributed by atoms with Crippen LogP contribution >= 0.6 is 15.9 Å². The lowest BCUT2D eigenvalue weighted by Gasteiger charge is -2.38. The van der Waals surface area contributed by atoms with Gasteiger partial charge in [-0.15, -0.1) is 0 Å². The summed E-state index contributed by atoms with van der Waals surface area (Å²) in [6.45, 7) is 2.16. The van der Waals surface area contributed by atoms with Crippen LogP contribution in [0, 0.1) is 28.5 Å². The zero-order valence-corrected chi connectivity index (χ0v) is 13.2. The molecule has 1 aliphatic carbocycles. The van der Waals surface area contributed by atoms with Gasteiger partial charge in [0.2, 0.25) is 0 Å². The quantitative estimate of drug-likeness (QED) is 0.864. The summed E-state index contributed by atoms with van der Waals surface area (Å²) < 4.78 is 14.0. The molecule has 2 nitrogen and oxygen atoms in total. The van der Waals surface area contributed by atoms with Gasteiger partial charge in [0.15, 0.2) is 0 Å². The molecule has 0 aromatic heterocycles. The molecular formula is C16H19BrFNO. The van der Waals surface area contributed by atoms with Gasteiger partial charge in [-0.25, -0.2) is 4.39 Å². The Hall–Kier alpha value is -0.920. The Labute approximate surface area is 127 Å². The summed E-state index contributed by atoms with van der Waals surface area (Å²) in [5, 5.41) is 20.1. The first-order valence-electron chi connectivity index (χ1n) is 7.06. The normalized spacial score (nSPS) is 27.9. The summed E-state index contributed by atoms with van der Waals surface area (Å²) in [6, 6.07) is 6.89. The number of halogens is 2. The fraction of sp³-hybridized carbons (Fsp3) is 0.562. The van der Waals surface area contributed by atoms with Crippen LogP contribution in [0.1, 0.15) is 50.7 Å². The summed E-state index contributed by atoms with van der Waals surface area (Å²) >= 11 is 3.10. The van der Waals surface area contributed by atoms with Crippen molar-refractivity contribution in [1.29, 1.82) is 5.26 Å². The molecule has 0 saturated heterocycles. The Balaban J connectivity index is 2.23. The van der Waals surface area contributed by atoms with Crippen LogP contribution in [-0.2, 0) is 0 Å². The molecule has 4 heteroatoms. The van der Waals surface area contributed by atoms with E-state index in [1.54, 1.807) is 12.1 Å². The summed E-state index contributed by atoms with van der Waals surface area (Å²) in [6.07, 6.45) is 3.47. The highest BCUT2D eigenvalue weighted by Crippen LogP contribution is 2.47. The smallest absolute Gasteiger partial charge is 0.137 e. The molecule has 108 valence electrons. The molecule has 0 aliphatic heterocycles. The van der Waals surface area contributed by atoms with Gasteiger partial charge >= 0.3 is 0 Å². The Morgan fingerprint density at radius 3 is 2.65 bits per heavy atom. The van der Waals surface area contributed by atoms with Gasteiger partial charge in [-0.3, -0.25) is 0 Å². The predicted molar refractivity (Wildman–Crippen MR) is 79.4 cm³/mol.